The normalized spacial score (nSPS) is 23.6. The highest BCUT2D eigenvalue weighted by Gasteiger charge is 2.42. The van der Waals surface area contributed by atoms with Gasteiger partial charge in [-0.25, -0.2) is 0 Å². The van der Waals surface area contributed by atoms with Gasteiger partial charge in [-0.3, -0.25) is 4.79 Å². The van der Waals surface area contributed by atoms with Crippen LogP contribution in [0, 0.1) is 11.8 Å². The van der Waals surface area contributed by atoms with E-state index in [-0.39, 0.29) is 11.9 Å². The van der Waals surface area contributed by atoms with Crippen molar-refractivity contribution in [1.82, 2.24) is 0 Å². The third kappa shape index (κ3) is 4.82. The second-order valence-corrected chi connectivity index (χ2v) is 4.54. The van der Waals surface area contributed by atoms with Gasteiger partial charge in [-0.05, 0) is 32.1 Å². The van der Waals surface area contributed by atoms with Crippen molar-refractivity contribution < 1.29 is 9.53 Å². The summed E-state index contributed by atoms with van der Waals surface area (Å²) in [6.07, 6.45) is 11.8. The quantitative estimate of drug-likeness (QED) is 0.357. The molecule has 1 fully saturated rings. The minimum absolute atomic E-state index is 0.0110. The van der Waals surface area contributed by atoms with E-state index in [0.717, 1.165) is 12.8 Å². The highest BCUT2D eigenvalue weighted by Crippen LogP contribution is 2.40. The van der Waals surface area contributed by atoms with Gasteiger partial charge in [0.15, 0.2) is 0 Å². The molecule has 0 saturated heterocycles. The third-order valence-corrected chi connectivity index (χ3v) is 3.04. The van der Waals surface area contributed by atoms with Gasteiger partial charge in [0.05, 0.1) is 12.5 Å². The van der Waals surface area contributed by atoms with Crippen LogP contribution in [0.1, 0.15) is 52.4 Å². The van der Waals surface area contributed by atoms with Crippen molar-refractivity contribution in [2.75, 3.05) is 6.61 Å². The fraction of sp³-hybridized carbons (Fsp3) is 0.786. The first-order chi connectivity index (χ1) is 7.79. The molecule has 0 radical (unpaired) electrons. The van der Waals surface area contributed by atoms with Crippen molar-refractivity contribution in [2.45, 2.75) is 52.4 Å². The first-order valence-electron chi connectivity index (χ1n) is 6.62. The molecule has 1 rings (SSSR count). The maximum atomic E-state index is 11.3. The lowest BCUT2D eigenvalue weighted by molar-refractivity contribution is -0.144. The summed E-state index contributed by atoms with van der Waals surface area (Å²) < 4.78 is 4.98. The number of esters is 1. The molecule has 1 aliphatic rings. The standard InChI is InChI=1S/C14H24O2/c1-3-5-6-7-8-9-10-12-11-13(12)14(15)16-4-2/h9-10,12-13H,3-8,11H2,1-2H3/b10-9-/t12-,13+/m1/s1. The van der Waals surface area contributed by atoms with Gasteiger partial charge in [0.2, 0.25) is 0 Å². The Morgan fingerprint density at radius 2 is 2.12 bits per heavy atom. The Kier molecular flexibility index (Phi) is 6.20. The van der Waals surface area contributed by atoms with E-state index in [4.69, 9.17) is 4.74 Å². The van der Waals surface area contributed by atoms with Crippen LogP contribution in [0.4, 0.5) is 0 Å². The molecule has 0 amide bonds. The van der Waals surface area contributed by atoms with Crippen molar-refractivity contribution in [3.8, 4) is 0 Å². The van der Waals surface area contributed by atoms with Crippen LogP contribution in [-0.2, 0) is 9.53 Å². The Morgan fingerprint density at radius 3 is 2.81 bits per heavy atom. The monoisotopic (exact) mass is 224 g/mol. The summed E-state index contributed by atoms with van der Waals surface area (Å²) in [5.74, 6) is 0.611. The van der Waals surface area contributed by atoms with E-state index in [1.807, 2.05) is 6.92 Å². The number of allylic oxidation sites excluding steroid dienone is 2. The van der Waals surface area contributed by atoms with Gasteiger partial charge in [-0.2, -0.15) is 0 Å². The maximum absolute atomic E-state index is 11.3. The number of hydrogen-bond donors (Lipinski definition) is 0. The Bertz CT molecular complexity index is 233. The Labute approximate surface area is 99.1 Å². The van der Waals surface area contributed by atoms with Gasteiger partial charge in [-0.15, -0.1) is 0 Å². The van der Waals surface area contributed by atoms with Gasteiger partial charge >= 0.3 is 5.97 Å². The van der Waals surface area contributed by atoms with Crippen molar-refractivity contribution in [2.24, 2.45) is 11.8 Å². The average molecular weight is 224 g/mol. The predicted octanol–water partition coefficient (Wildman–Crippen LogP) is 3.71. The highest BCUT2D eigenvalue weighted by molar-refractivity contribution is 5.76. The minimum Gasteiger partial charge on any atom is -0.466 e. The zero-order chi connectivity index (χ0) is 11.8. The molecule has 0 spiro atoms. The van der Waals surface area contributed by atoms with Gasteiger partial charge in [0.1, 0.15) is 0 Å². The average Bonchev–Trinajstić information content (AvgIpc) is 3.03. The van der Waals surface area contributed by atoms with Crippen molar-refractivity contribution in [3.63, 3.8) is 0 Å². The van der Waals surface area contributed by atoms with Crippen LogP contribution in [0.25, 0.3) is 0 Å². The van der Waals surface area contributed by atoms with Crippen molar-refractivity contribution >= 4 is 5.97 Å². The van der Waals surface area contributed by atoms with Gasteiger partial charge < -0.3 is 4.74 Å². The molecule has 2 atom stereocenters. The Morgan fingerprint density at radius 1 is 1.31 bits per heavy atom. The molecule has 0 heterocycles. The summed E-state index contributed by atoms with van der Waals surface area (Å²) >= 11 is 0. The molecule has 1 aliphatic carbocycles. The smallest absolute Gasteiger partial charge is 0.309 e. The van der Waals surface area contributed by atoms with Crippen LogP contribution in [0.5, 0.6) is 0 Å². The predicted molar refractivity (Wildman–Crippen MR) is 66.1 cm³/mol. The molecule has 0 N–H and O–H groups in total. The van der Waals surface area contributed by atoms with E-state index >= 15 is 0 Å². The number of rotatable bonds is 8. The Balaban J connectivity index is 2.02. The molecule has 0 aromatic carbocycles. The molecule has 0 bridgehead atoms. The molecule has 2 nitrogen and oxygen atoms in total. The Hall–Kier alpha value is -0.790. The summed E-state index contributed by atoms with van der Waals surface area (Å²) in [6.45, 7) is 4.59. The van der Waals surface area contributed by atoms with E-state index in [2.05, 4.69) is 19.1 Å². The fourth-order valence-electron chi connectivity index (χ4n) is 1.91. The van der Waals surface area contributed by atoms with E-state index in [0.29, 0.717) is 12.5 Å². The van der Waals surface area contributed by atoms with Crippen LogP contribution in [0.3, 0.4) is 0 Å². The van der Waals surface area contributed by atoms with Crippen LogP contribution in [0.15, 0.2) is 12.2 Å². The molecule has 0 unspecified atom stereocenters. The van der Waals surface area contributed by atoms with Crippen LogP contribution < -0.4 is 0 Å². The molecule has 0 aliphatic heterocycles. The number of unbranched alkanes of at least 4 members (excludes halogenated alkanes) is 4. The number of ether oxygens (including phenoxy) is 1. The van der Waals surface area contributed by atoms with E-state index in [9.17, 15) is 4.79 Å². The second-order valence-electron chi connectivity index (χ2n) is 4.54. The number of hydrogen-bond acceptors (Lipinski definition) is 2. The number of carbonyl (C=O) groups is 1. The lowest BCUT2D eigenvalue weighted by atomic mass is 10.1. The van der Waals surface area contributed by atoms with Crippen molar-refractivity contribution in [1.29, 1.82) is 0 Å². The van der Waals surface area contributed by atoms with E-state index in [1.54, 1.807) is 0 Å². The van der Waals surface area contributed by atoms with Crippen LogP contribution in [-0.4, -0.2) is 12.6 Å². The minimum atomic E-state index is -0.0110. The molecular formula is C14H24O2. The van der Waals surface area contributed by atoms with E-state index in [1.165, 1.54) is 25.7 Å². The first-order valence-corrected chi connectivity index (χ1v) is 6.62. The molecule has 0 aromatic heterocycles. The van der Waals surface area contributed by atoms with Crippen LogP contribution in [0.2, 0.25) is 0 Å². The fourth-order valence-corrected chi connectivity index (χ4v) is 1.91. The molecule has 92 valence electrons. The summed E-state index contributed by atoms with van der Waals surface area (Å²) in [6, 6.07) is 0. The van der Waals surface area contributed by atoms with Crippen molar-refractivity contribution in [3.05, 3.63) is 12.2 Å². The molecule has 1 saturated carbocycles. The lowest BCUT2D eigenvalue weighted by Crippen LogP contribution is -2.06. The summed E-state index contributed by atoms with van der Waals surface area (Å²) in [4.78, 5) is 11.3. The summed E-state index contributed by atoms with van der Waals surface area (Å²) in [7, 11) is 0. The van der Waals surface area contributed by atoms with Crippen LogP contribution >= 0.6 is 0 Å². The maximum Gasteiger partial charge on any atom is 0.309 e. The highest BCUT2D eigenvalue weighted by atomic mass is 16.5. The molecule has 16 heavy (non-hydrogen) atoms. The summed E-state index contributed by atoms with van der Waals surface area (Å²) in [5.41, 5.74) is 0. The SMILES string of the molecule is CCCCCC/C=C\[C@@H]1C[C@@H]1C(=O)OCC. The van der Waals surface area contributed by atoms with Gasteiger partial charge in [0, 0.05) is 0 Å². The summed E-state index contributed by atoms with van der Waals surface area (Å²) in [5, 5.41) is 0. The van der Waals surface area contributed by atoms with Gasteiger partial charge in [-0.1, -0.05) is 38.3 Å². The first kappa shape index (κ1) is 13.3. The topological polar surface area (TPSA) is 26.3 Å². The molecule has 0 aromatic rings. The van der Waals surface area contributed by atoms with Gasteiger partial charge in [0.25, 0.3) is 0 Å². The molecular weight excluding hydrogens is 200 g/mol. The van der Waals surface area contributed by atoms with E-state index < -0.39 is 0 Å². The molecule has 2 heteroatoms. The zero-order valence-corrected chi connectivity index (χ0v) is 10.6. The lowest BCUT2D eigenvalue weighted by Gasteiger charge is -1.98. The third-order valence-electron chi connectivity index (χ3n) is 3.04. The zero-order valence-electron chi connectivity index (χ0n) is 10.6. The second kappa shape index (κ2) is 7.48. The largest absolute Gasteiger partial charge is 0.466 e. The number of carbonyl (C=O) groups excluding carboxylic acids is 1.